The second kappa shape index (κ2) is 6.24. The van der Waals surface area contributed by atoms with E-state index in [1.807, 2.05) is 0 Å². The second-order valence-corrected chi connectivity index (χ2v) is 5.72. The summed E-state index contributed by atoms with van der Waals surface area (Å²) >= 11 is 0. The van der Waals surface area contributed by atoms with E-state index in [9.17, 15) is 23.1 Å². The van der Waals surface area contributed by atoms with Crippen molar-refractivity contribution in [1.29, 1.82) is 0 Å². The summed E-state index contributed by atoms with van der Waals surface area (Å²) < 4.78 is 38.7. The first kappa shape index (κ1) is 16.4. The largest absolute Gasteiger partial charge is 0.416 e. The molecule has 2 unspecified atom stereocenters. The number of aliphatic hydroxyl groups excluding tert-OH is 1. The monoisotopic (exact) mass is 336 g/mol. The van der Waals surface area contributed by atoms with E-state index in [4.69, 9.17) is 0 Å². The zero-order chi connectivity index (χ0) is 17.3. The Morgan fingerprint density at radius 3 is 2.58 bits per heavy atom. The molecule has 2 heterocycles. The van der Waals surface area contributed by atoms with Crippen molar-refractivity contribution in [3.63, 3.8) is 0 Å². The molecular weight excluding hydrogens is 321 g/mol. The number of aromatic nitrogens is 1. The number of hydrogen-bond donors (Lipinski definition) is 1. The molecule has 1 saturated heterocycles. The van der Waals surface area contributed by atoms with Crippen molar-refractivity contribution < 1.29 is 23.1 Å². The van der Waals surface area contributed by atoms with Crippen LogP contribution in [0.2, 0.25) is 0 Å². The topological polar surface area (TPSA) is 53.4 Å². The Bertz CT molecular complexity index is 734. The molecule has 1 aliphatic heterocycles. The van der Waals surface area contributed by atoms with Crippen LogP contribution in [0.3, 0.4) is 0 Å². The number of likely N-dealkylation sites (tertiary alicyclic amines) is 1. The Kier molecular flexibility index (Phi) is 4.28. The molecule has 3 rings (SSSR count). The molecular formula is C17H15F3N2O2. The minimum Gasteiger partial charge on any atom is -0.391 e. The summed E-state index contributed by atoms with van der Waals surface area (Å²) in [6, 6.07) is 7.37. The molecule has 2 atom stereocenters. The number of pyridine rings is 1. The fourth-order valence-electron chi connectivity index (χ4n) is 2.94. The van der Waals surface area contributed by atoms with Gasteiger partial charge in [0.1, 0.15) is 0 Å². The van der Waals surface area contributed by atoms with Crippen molar-refractivity contribution in [2.24, 2.45) is 0 Å². The first-order chi connectivity index (χ1) is 11.4. The number of halogens is 3. The van der Waals surface area contributed by atoms with Crippen molar-refractivity contribution >= 4 is 5.91 Å². The van der Waals surface area contributed by atoms with Crippen LogP contribution in [0.1, 0.15) is 33.9 Å². The highest BCUT2D eigenvalue weighted by atomic mass is 19.4. The quantitative estimate of drug-likeness (QED) is 0.917. The summed E-state index contributed by atoms with van der Waals surface area (Å²) in [5.74, 6) is -0.337. The lowest BCUT2D eigenvalue weighted by atomic mass is 10.0. The Balaban J connectivity index is 1.93. The molecule has 0 aliphatic carbocycles. The third kappa shape index (κ3) is 3.26. The minimum absolute atomic E-state index is 0.0854. The Morgan fingerprint density at radius 1 is 1.21 bits per heavy atom. The number of nitrogens with zero attached hydrogens (tertiary/aromatic N) is 2. The minimum atomic E-state index is -4.45. The van der Waals surface area contributed by atoms with Crippen LogP contribution >= 0.6 is 0 Å². The smallest absolute Gasteiger partial charge is 0.391 e. The maximum Gasteiger partial charge on any atom is 0.416 e. The van der Waals surface area contributed by atoms with E-state index in [0.717, 1.165) is 12.1 Å². The number of benzene rings is 1. The highest BCUT2D eigenvalue weighted by molar-refractivity contribution is 5.94. The Labute approximate surface area is 136 Å². The van der Waals surface area contributed by atoms with Gasteiger partial charge in [-0.1, -0.05) is 12.1 Å². The van der Waals surface area contributed by atoms with E-state index in [1.165, 1.54) is 35.5 Å². The van der Waals surface area contributed by atoms with Gasteiger partial charge in [-0.25, -0.2) is 0 Å². The lowest BCUT2D eigenvalue weighted by Crippen LogP contribution is -2.31. The number of alkyl halides is 3. The SMILES string of the molecule is O=C(c1ccncc1)N1CC(O)CC1c1cccc(C(F)(F)F)c1. The van der Waals surface area contributed by atoms with Crippen LogP contribution in [0.5, 0.6) is 0 Å². The summed E-state index contributed by atoms with van der Waals surface area (Å²) in [4.78, 5) is 17.9. The molecule has 7 heteroatoms. The van der Waals surface area contributed by atoms with Crippen LogP contribution in [0, 0.1) is 0 Å². The predicted molar refractivity (Wildman–Crippen MR) is 80.1 cm³/mol. The number of β-amino-alcohol motifs (C(OH)–C–C–N with tert-alkyl or cyclic N) is 1. The lowest BCUT2D eigenvalue weighted by Gasteiger charge is -2.25. The molecule has 0 spiro atoms. The maximum atomic E-state index is 12.9. The van der Waals surface area contributed by atoms with E-state index in [0.29, 0.717) is 11.1 Å². The van der Waals surface area contributed by atoms with E-state index < -0.39 is 23.9 Å². The van der Waals surface area contributed by atoms with Crippen LogP contribution < -0.4 is 0 Å². The van der Waals surface area contributed by atoms with Crippen LogP contribution in [0.25, 0.3) is 0 Å². The molecule has 0 saturated carbocycles. The molecule has 0 bridgehead atoms. The molecule has 1 fully saturated rings. The van der Waals surface area contributed by atoms with Gasteiger partial charge in [0.15, 0.2) is 0 Å². The molecule has 0 radical (unpaired) electrons. The normalized spacial score (nSPS) is 21.1. The maximum absolute atomic E-state index is 12.9. The van der Waals surface area contributed by atoms with Gasteiger partial charge in [-0.3, -0.25) is 9.78 Å². The van der Waals surface area contributed by atoms with Crippen molar-refractivity contribution in [2.75, 3.05) is 6.54 Å². The number of hydrogen-bond acceptors (Lipinski definition) is 3. The van der Waals surface area contributed by atoms with Gasteiger partial charge in [0.2, 0.25) is 0 Å². The highest BCUT2D eigenvalue weighted by Crippen LogP contribution is 2.36. The predicted octanol–water partition coefficient (Wildman–Crippen LogP) is 3.05. The molecule has 1 N–H and O–H groups in total. The third-order valence-electron chi connectivity index (χ3n) is 4.07. The van der Waals surface area contributed by atoms with Gasteiger partial charge in [-0.2, -0.15) is 13.2 Å². The number of carbonyl (C=O) groups is 1. The van der Waals surface area contributed by atoms with Crippen LogP contribution in [-0.4, -0.2) is 33.5 Å². The zero-order valence-corrected chi connectivity index (χ0v) is 12.6. The van der Waals surface area contributed by atoms with Gasteiger partial charge in [0, 0.05) is 24.5 Å². The third-order valence-corrected chi connectivity index (χ3v) is 4.07. The molecule has 1 aromatic carbocycles. The summed E-state index contributed by atoms with van der Waals surface area (Å²) in [5, 5.41) is 9.93. The molecule has 2 aromatic rings. The van der Waals surface area contributed by atoms with E-state index >= 15 is 0 Å². The zero-order valence-electron chi connectivity index (χ0n) is 12.6. The summed E-state index contributed by atoms with van der Waals surface area (Å²) in [5.41, 5.74) is -0.0162. The fraction of sp³-hybridized carbons (Fsp3) is 0.294. The number of amides is 1. The van der Waals surface area contributed by atoms with Gasteiger partial charge in [-0.05, 0) is 36.2 Å². The van der Waals surface area contributed by atoms with Gasteiger partial charge < -0.3 is 10.0 Å². The standard InChI is InChI=1S/C17H15F3N2O2/c18-17(19,20)13-3-1-2-12(8-13)15-9-14(23)10-22(15)16(24)11-4-6-21-7-5-11/h1-8,14-15,23H,9-10H2. The summed E-state index contributed by atoms with van der Waals surface area (Å²) in [6.07, 6.45) is -2.07. The van der Waals surface area contributed by atoms with Crippen molar-refractivity contribution in [2.45, 2.75) is 24.7 Å². The average molecular weight is 336 g/mol. The Hall–Kier alpha value is -2.41. The van der Waals surface area contributed by atoms with Gasteiger partial charge in [0.05, 0.1) is 17.7 Å². The number of aliphatic hydroxyl groups is 1. The molecule has 126 valence electrons. The molecule has 24 heavy (non-hydrogen) atoms. The van der Waals surface area contributed by atoms with Crippen LogP contribution in [-0.2, 0) is 6.18 Å². The first-order valence-corrected chi connectivity index (χ1v) is 7.42. The van der Waals surface area contributed by atoms with Gasteiger partial charge >= 0.3 is 6.18 Å². The summed E-state index contributed by atoms with van der Waals surface area (Å²) in [6.45, 7) is 0.0854. The second-order valence-electron chi connectivity index (χ2n) is 5.72. The number of rotatable bonds is 2. The lowest BCUT2D eigenvalue weighted by molar-refractivity contribution is -0.137. The van der Waals surface area contributed by atoms with Crippen molar-refractivity contribution in [1.82, 2.24) is 9.88 Å². The van der Waals surface area contributed by atoms with Gasteiger partial charge in [-0.15, -0.1) is 0 Å². The van der Waals surface area contributed by atoms with E-state index in [2.05, 4.69) is 4.98 Å². The van der Waals surface area contributed by atoms with E-state index in [-0.39, 0.29) is 18.9 Å². The number of carbonyl (C=O) groups excluding carboxylic acids is 1. The van der Waals surface area contributed by atoms with Gasteiger partial charge in [0.25, 0.3) is 5.91 Å². The average Bonchev–Trinajstić information content (AvgIpc) is 2.96. The summed E-state index contributed by atoms with van der Waals surface area (Å²) in [7, 11) is 0. The van der Waals surface area contributed by atoms with Crippen LogP contribution in [0.4, 0.5) is 13.2 Å². The molecule has 1 amide bonds. The van der Waals surface area contributed by atoms with E-state index in [1.54, 1.807) is 6.07 Å². The molecule has 1 aliphatic rings. The highest BCUT2D eigenvalue weighted by Gasteiger charge is 2.37. The Morgan fingerprint density at radius 2 is 1.92 bits per heavy atom. The molecule has 1 aromatic heterocycles. The first-order valence-electron chi connectivity index (χ1n) is 7.42. The van der Waals surface area contributed by atoms with Crippen LogP contribution in [0.15, 0.2) is 48.8 Å². The fourth-order valence-corrected chi connectivity index (χ4v) is 2.94. The molecule has 4 nitrogen and oxygen atoms in total. The van der Waals surface area contributed by atoms with Crippen molar-refractivity contribution in [3.8, 4) is 0 Å². The van der Waals surface area contributed by atoms with Crippen molar-refractivity contribution in [3.05, 3.63) is 65.5 Å².